The summed E-state index contributed by atoms with van der Waals surface area (Å²) in [7, 11) is 1.64. The Labute approximate surface area is 141 Å². The molecule has 0 spiro atoms. The maximum atomic E-state index is 12.4. The van der Waals surface area contributed by atoms with E-state index in [1.807, 2.05) is 0 Å². The van der Waals surface area contributed by atoms with Gasteiger partial charge in [0.15, 0.2) is 10.3 Å². The smallest absolute Gasteiger partial charge is 0.407 e. The quantitative estimate of drug-likeness (QED) is 0.871. The van der Waals surface area contributed by atoms with Crippen LogP contribution in [0.1, 0.15) is 42.6 Å². The highest BCUT2D eigenvalue weighted by molar-refractivity contribution is 7.18. The molecule has 8 nitrogen and oxygen atoms in total. The van der Waals surface area contributed by atoms with Crippen molar-refractivity contribution < 1.29 is 14.6 Å². The van der Waals surface area contributed by atoms with Crippen molar-refractivity contribution in [2.75, 3.05) is 20.3 Å². The molecule has 2 N–H and O–H groups in total. The molecule has 0 bridgehead atoms. The number of methoxy groups -OCH3 is 1. The molecule has 1 saturated carbocycles. The second-order valence-electron chi connectivity index (χ2n) is 6.47. The van der Waals surface area contributed by atoms with E-state index in [2.05, 4.69) is 15.0 Å². The molecular weight excluding hydrogens is 332 g/mol. The van der Waals surface area contributed by atoms with Gasteiger partial charge < -0.3 is 14.8 Å². The number of aromatic amines is 1. The van der Waals surface area contributed by atoms with Gasteiger partial charge in [-0.2, -0.15) is 0 Å². The van der Waals surface area contributed by atoms with Crippen LogP contribution in [0.2, 0.25) is 0 Å². The van der Waals surface area contributed by atoms with Crippen molar-refractivity contribution in [2.45, 2.75) is 37.1 Å². The molecule has 2 aromatic heterocycles. The fraction of sp³-hybridized carbons (Fsp3) is 0.600. The van der Waals surface area contributed by atoms with Gasteiger partial charge in [0.05, 0.1) is 18.1 Å². The molecule has 128 valence electrons. The number of hydrogen-bond acceptors (Lipinski definition) is 6. The highest BCUT2D eigenvalue weighted by Gasteiger charge is 2.47. The topological polar surface area (TPSA) is 108 Å². The Hall–Kier alpha value is -2.00. The summed E-state index contributed by atoms with van der Waals surface area (Å²) < 4.78 is 5.26. The summed E-state index contributed by atoms with van der Waals surface area (Å²) in [6.07, 6.45) is 2.46. The molecule has 1 aliphatic carbocycles. The summed E-state index contributed by atoms with van der Waals surface area (Å²) in [5.41, 5.74) is -0.156. The molecule has 1 aliphatic heterocycles. The van der Waals surface area contributed by atoms with Crippen molar-refractivity contribution in [1.82, 2.24) is 19.9 Å². The highest BCUT2D eigenvalue weighted by atomic mass is 32.1. The number of likely N-dealkylation sites (tertiary alicyclic amines) is 1. The lowest BCUT2D eigenvalue weighted by molar-refractivity contribution is 0.140. The van der Waals surface area contributed by atoms with Crippen molar-refractivity contribution in [3.05, 3.63) is 21.2 Å². The largest absolute Gasteiger partial charge is 0.465 e. The van der Waals surface area contributed by atoms with Crippen molar-refractivity contribution in [2.24, 2.45) is 0 Å². The number of amides is 1. The van der Waals surface area contributed by atoms with Crippen LogP contribution in [0.3, 0.4) is 0 Å². The fourth-order valence-corrected chi connectivity index (χ4v) is 4.46. The average Bonchev–Trinajstić information content (AvgIpc) is 3.00. The van der Waals surface area contributed by atoms with Gasteiger partial charge in [0.1, 0.15) is 10.8 Å². The zero-order valence-electron chi connectivity index (χ0n) is 13.2. The lowest BCUT2D eigenvalue weighted by Crippen LogP contribution is -2.28. The number of nitrogens with zero attached hydrogens (tertiary/aromatic N) is 3. The molecule has 2 aromatic rings. The number of rotatable bonds is 4. The van der Waals surface area contributed by atoms with E-state index in [1.165, 1.54) is 16.2 Å². The molecule has 9 heteroatoms. The van der Waals surface area contributed by atoms with Gasteiger partial charge in [-0.1, -0.05) is 11.3 Å². The van der Waals surface area contributed by atoms with Gasteiger partial charge in [-0.05, 0) is 25.7 Å². The maximum absolute atomic E-state index is 12.4. The van der Waals surface area contributed by atoms with Gasteiger partial charge in [-0.25, -0.2) is 14.8 Å². The molecule has 2 aliphatic rings. The van der Waals surface area contributed by atoms with Crippen molar-refractivity contribution in [3.63, 3.8) is 0 Å². The van der Waals surface area contributed by atoms with E-state index in [-0.39, 0.29) is 17.0 Å². The number of fused-ring (bicyclic) bond motifs is 1. The standard InChI is InChI=1S/C15H18N4O4S/c1-23-7-15(4-5-15)13-17-10(20)9-12(18-13)24-11(16-9)8-3-2-6-19(8)14(21)22/h8H,2-7H2,1H3,(H,21,22)(H,17,18,20)/t8-/m1/s1. The van der Waals surface area contributed by atoms with Crippen LogP contribution in [0, 0.1) is 0 Å². The lowest BCUT2D eigenvalue weighted by Gasteiger charge is -2.18. The number of aromatic nitrogens is 3. The van der Waals surface area contributed by atoms with Crippen LogP contribution in [0.25, 0.3) is 10.3 Å². The lowest BCUT2D eigenvalue weighted by atomic mass is 10.1. The van der Waals surface area contributed by atoms with Crippen LogP contribution in [-0.2, 0) is 10.2 Å². The Bertz CT molecular complexity index is 857. The molecule has 2 fully saturated rings. The van der Waals surface area contributed by atoms with E-state index in [0.717, 1.165) is 25.7 Å². The predicted octanol–water partition coefficient (Wildman–Crippen LogP) is 1.87. The van der Waals surface area contributed by atoms with Gasteiger partial charge in [0.25, 0.3) is 5.56 Å². The summed E-state index contributed by atoms with van der Waals surface area (Å²) >= 11 is 1.32. The number of nitrogens with one attached hydrogen (secondary N) is 1. The monoisotopic (exact) mass is 350 g/mol. The third kappa shape index (κ3) is 2.39. The van der Waals surface area contributed by atoms with Crippen LogP contribution in [0.4, 0.5) is 4.79 Å². The first-order valence-electron chi connectivity index (χ1n) is 7.94. The molecule has 0 aromatic carbocycles. The third-order valence-electron chi connectivity index (χ3n) is 4.85. The number of carboxylic acid groups (broad SMARTS) is 1. The van der Waals surface area contributed by atoms with Gasteiger partial charge >= 0.3 is 6.09 Å². The number of thiazole rings is 1. The minimum Gasteiger partial charge on any atom is -0.465 e. The average molecular weight is 350 g/mol. The SMILES string of the molecule is COCC1(c2nc3sc([C@H]4CCCN4C(=O)O)nc3c(=O)[nH]2)CC1. The van der Waals surface area contributed by atoms with Crippen molar-refractivity contribution >= 4 is 27.8 Å². The minimum absolute atomic E-state index is 0.188. The molecule has 1 amide bonds. The summed E-state index contributed by atoms with van der Waals surface area (Å²) in [6.45, 7) is 1.03. The van der Waals surface area contributed by atoms with Crippen LogP contribution in [0.15, 0.2) is 4.79 Å². The van der Waals surface area contributed by atoms with Gasteiger partial charge in [-0.3, -0.25) is 9.69 Å². The fourth-order valence-electron chi connectivity index (χ4n) is 3.37. The first kappa shape index (κ1) is 15.5. The number of carbonyl (C=O) groups is 1. The van der Waals surface area contributed by atoms with Crippen molar-refractivity contribution in [3.8, 4) is 0 Å². The van der Waals surface area contributed by atoms with E-state index in [9.17, 15) is 14.7 Å². The highest BCUT2D eigenvalue weighted by Crippen LogP contribution is 2.47. The number of ether oxygens (including phenoxy) is 1. The molecule has 24 heavy (non-hydrogen) atoms. The molecular formula is C15H18N4O4S. The summed E-state index contributed by atoms with van der Waals surface area (Å²) in [5, 5.41) is 9.95. The number of H-pyrrole nitrogens is 1. The Morgan fingerprint density at radius 2 is 2.29 bits per heavy atom. The second-order valence-corrected chi connectivity index (χ2v) is 7.48. The predicted molar refractivity (Wildman–Crippen MR) is 87.5 cm³/mol. The first-order chi connectivity index (χ1) is 11.5. The Balaban J connectivity index is 1.75. The maximum Gasteiger partial charge on any atom is 0.407 e. The summed E-state index contributed by atoms with van der Waals surface area (Å²) in [4.78, 5) is 37.5. The molecule has 4 rings (SSSR count). The van der Waals surface area contributed by atoms with Crippen LogP contribution < -0.4 is 5.56 Å². The van der Waals surface area contributed by atoms with Crippen LogP contribution in [-0.4, -0.2) is 51.3 Å². The minimum atomic E-state index is -0.948. The van der Waals surface area contributed by atoms with E-state index in [1.54, 1.807) is 7.11 Å². The van der Waals surface area contributed by atoms with Gasteiger partial charge in [0.2, 0.25) is 0 Å². The normalized spacial score (nSPS) is 22.2. The second kappa shape index (κ2) is 5.52. The zero-order valence-corrected chi connectivity index (χ0v) is 14.1. The molecule has 0 unspecified atom stereocenters. The summed E-state index contributed by atoms with van der Waals surface area (Å²) in [6, 6.07) is -0.279. The van der Waals surface area contributed by atoms with Crippen molar-refractivity contribution in [1.29, 1.82) is 0 Å². The van der Waals surface area contributed by atoms with Gasteiger partial charge in [-0.15, -0.1) is 0 Å². The van der Waals surface area contributed by atoms with E-state index >= 15 is 0 Å². The van der Waals surface area contributed by atoms with Crippen LogP contribution in [0.5, 0.6) is 0 Å². The van der Waals surface area contributed by atoms with Gasteiger partial charge in [0, 0.05) is 13.7 Å². The summed E-state index contributed by atoms with van der Waals surface area (Å²) in [5.74, 6) is 0.651. The third-order valence-corrected chi connectivity index (χ3v) is 5.90. The molecule has 1 atom stereocenters. The first-order valence-corrected chi connectivity index (χ1v) is 8.75. The zero-order chi connectivity index (χ0) is 16.9. The number of hydrogen-bond donors (Lipinski definition) is 2. The van der Waals surface area contributed by atoms with E-state index < -0.39 is 6.09 Å². The van der Waals surface area contributed by atoms with Crippen LogP contribution >= 0.6 is 11.3 Å². The Morgan fingerprint density at radius 1 is 1.50 bits per heavy atom. The van der Waals surface area contributed by atoms with E-state index in [0.29, 0.717) is 34.3 Å². The molecule has 0 radical (unpaired) electrons. The molecule has 3 heterocycles. The molecule has 1 saturated heterocycles. The Morgan fingerprint density at radius 3 is 2.96 bits per heavy atom. The Kier molecular flexibility index (Phi) is 3.57. The van der Waals surface area contributed by atoms with E-state index in [4.69, 9.17) is 4.74 Å².